The second-order valence-corrected chi connectivity index (χ2v) is 3.46. The van der Waals surface area contributed by atoms with E-state index in [1.807, 2.05) is 36.4 Å². The van der Waals surface area contributed by atoms with E-state index in [0.717, 1.165) is 0 Å². The van der Waals surface area contributed by atoms with Gasteiger partial charge in [-0.2, -0.15) is 5.90 Å². The molecule has 0 saturated carbocycles. The molecule has 2 aromatic carbocycles. The third-order valence-corrected chi connectivity index (χ3v) is 2.45. The van der Waals surface area contributed by atoms with Crippen LogP contribution in [0.1, 0.15) is 5.56 Å². The Morgan fingerprint density at radius 3 is 2.20 bits per heavy atom. The number of nitrogens with two attached hydrogens (primary N) is 1. The Morgan fingerprint density at radius 1 is 0.933 bits per heavy atom. The van der Waals surface area contributed by atoms with Crippen molar-refractivity contribution in [2.75, 3.05) is 0 Å². The molecule has 0 amide bonds. The summed E-state index contributed by atoms with van der Waals surface area (Å²) in [6, 6.07) is 16.0. The van der Waals surface area contributed by atoms with Crippen LogP contribution in [0.15, 0.2) is 48.5 Å². The summed E-state index contributed by atoms with van der Waals surface area (Å²) in [5.74, 6) is 5.74. The van der Waals surface area contributed by atoms with E-state index in [0.29, 0.717) is 5.75 Å². The van der Waals surface area contributed by atoms with Crippen molar-refractivity contribution in [3.8, 4) is 16.9 Å². The highest BCUT2D eigenvalue weighted by atomic mass is 16.6. The molecule has 2 aromatic rings. The lowest BCUT2D eigenvalue weighted by molar-refractivity contribution is 0.334. The van der Waals surface area contributed by atoms with Gasteiger partial charge in [0, 0.05) is 0 Å². The Hall–Kier alpha value is -1.80. The summed E-state index contributed by atoms with van der Waals surface area (Å²) >= 11 is 0. The highest BCUT2D eigenvalue weighted by Crippen LogP contribution is 2.24. The molecule has 0 atom stereocenters. The van der Waals surface area contributed by atoms with Crippen LogP contribution in [0.5, 0.6) is 5.75 Å². The van der Waals surface area contributed by atoms with E-state index in [1.54, 1.807) is 0 Å². The summed E-state index contributed by atoms with van der Waals surface area (Å²) in [4.78, 5) is 4.64. The first-order valence-corrected chi connectivity index (χ1v) is 4.84. The fraction of sp³-hybridized carbons (Fsp3) is 0.0769. The lowest BCUT2D eigenvalue weighted by Crippen LogP contribution is -2.01. The molecule has 0 radical (unpaired) electrons. The first-order valence-electron chi connectivity index (χ1n) is 4.84. The van der Waals surface area contributed by atoms with Gasteiger partial charge in [0.1, 0.15) is 5.75 Å². The van der Waals surface area contributed by atoms with E-state index < -0.39 is 0 Å². The van der Waals surface area contributed by atoms with Crippen LogP contribution in [0.4, 0.5) is 0 Å². The Kier molecular flexibility index (Phi) is 2.70. The van der Waals surface area contributed by atoms with Crippen molar-refractivity contribution in [1.29, 1.82) is 0 Å². The smallest absolute Gasteiger partial charge is 0.146 e. The monoisotopic (exact) mass is 199 g/mol. The molecule has 2 heteroatoms. The first kappa shape index (κ1) is 9.74. The standard InChI is InChI=1S/C13H13NO/c1-10-4-2-3-5-13(10)11-6-8-12(15-14)9-7-11/h2-9H,14H2,1H3. The quantitative estimate of drug-likeness (QED) is 0.755. The summed E-state index contributed by atoms with van der Waals surface area (Å²) in [5, 5.41) is 0. The van der Waals surface area contributed by atoms with Crippen molar-refractivity contribution in [2.45, 2.75) is 6.92 Å². The van der Waals surface area contributed by atoms with Crippen molar-refractivity contribution in [3.63, 3.8) is 0 Å². The number of hydrogen-bond acceptors (Lipinski definition) is 2. The minimum atomic E-state index is 0.673. The molecule has 0 aliphatic rings. The number of aryl methyl sites for hydroxylation is 1. The predicted molar refractivity (Wildman–Crippen MR) is 61.4 cm³/mol. The zero-order valence-corrected chi connectivity index (χ0v) is 8.60. The van der Waals surface area contributed by atoms with Gasteiger partial charge in [-0.1, -0.05) is 36.4 Å². The van der Waals surface area contributed by atoms with Gasteiger partial charge in [-0.05, 0) is 35.7 Å². The average molecular weight is 199 g/mol. The molecule has 15 heavy (non-hydrogen) atoms. The van der Waals surface area contributed by atoms with Crippen molar-refractivity contribution >= 4 is 0 Å². The van der Waals surface area contributed by atoms with Gasteiger partial charge in [0.15, 0.2) is 0 Å². The van der Waals surface area contributed by atoms with Crippen LogP contribution in [0.3, 0.4) is 0 Å². The lowest BCUT2D eigenvalue weighted by Gasteiger charge is -2.06. The van der Waals surface area contributed by atoms with Gasteiger partial charge >= 0.3 is 0 Å². The largest absolute Gasteiger partial charge is 0.412 e. The predicted octanol–water partition coefficient (Wildman–Crippen LogP) is 2.91. The van der Waals surface area contributed by atoms with Crippen LogP contribution in [-0.4, -0.2) is 0 Å². The number of rotatable bonds is 2. The molecule has 0 heterocycles. The van der Waals surface area contributed by atoms with E-state index in [-0.39, 0.29) is 0 Å². The molecule has 0 aliphatic carbocycles. The minimum Gasteiger partial charge on any atom is -0.412 e. The molecule has 76 valence electrons. The highest BCUT2D eigenvalue weighted by Gasteiger charge is 2.00. The lowest BCUT2D eigenvalue weighted by atomic mass is 10.0. The molecule has 0 bridgehead atoms. The fourth-order valence-electron chi connectivity index (χ4n) is 1.61. The minimum absolute atomic E-state index is 0.673. The molecule has 0 saturated heterocycles. The maximum Gasteiger partial charge on any atom is 0.146 e. The summed E-state index contributed by atoms with van der Waals surface area (Å²) in [5.41, 5.74) is 3.67. The van der Waals surface area contributed by atoms with E-state index in [1.165, 1.54) is 16.7 Å². The van der Waals surface area contributed by atoms with Crippen molar-refractivity contribution in [2.24, 2.45) is 5.90 Å². The zero-order chi connectivity index (χ0) is 10.7. The van der Waals surface area contributed by atoms with E-state index in [4.69, 9.17) is 5.90 Å². The number of benzene rings is 2. The van der Waals surface area contributed by atoms with E-state index in [9.17, 15) is 0 Å². The number of hydrogen-bond donors (Lipinski definition) is 1. The van der Waals surface area contributed by atoms with Crippen LogP contribution < -0.4 is 10.7 Å². The first-order chi connectivity index (χ1) is 7.31. The van der Waals surface area contributed by atoms with Crippen molar-refractivity contribution < 1.29 is 4.84 Å². The third kappa shape index (κ3) is 2.00. The van der Waals surface area contributed by atoms with Gasteiger partial charge in [-0.25, -0.2) is 0 Å². The second kappa shape index (κ2) is 4.15. The SMILES string of the molecule is Cc1ccccc1-c1ccc(ON)cc1. The average Bonchev–Trinajstić information content (AvgIpc) is 2.30. The normalized spacial score (nSPS) is 10.0. The Bertz CT molecular complexity index is 448. The Balaban J connectivity index is 2.42. The topological polar surface area (TPSA) is 35.2 Å². The van der Waals surface area contributed by atoms with Crippen LogP contribution in [-0.2, 0) is 0 Å². The molecule has 2 nitrogen and oxygen atoms in total. The molecule has 0 unspecified atom stereocenters. The summed E-state index contributed by atoms with van der Waals surface area (Å²) in [7, 11) is 0. The van der Waals surface area contributed by atoms with Crippen LogP contribution in [0, 0.1) is 6.92 Å². The second-order valence-electron chi connectivity index (χ2n) is 3.46. The molecular formula is C13H13NO. The van der Waals surface area contributed by atoms with E-state index >= 15 is 0 Å². The van der Waals surface area contributed by atoms with Gasteiger partial charge in [-0.3, -0.25) is 0 Å². The Labute approximate surface area is 89.3 Å². The molecule has 2 rings (SSSR count). The van der Waals surface area contributed by atoms with Gasteiger partial charge in [0.05, 0.1) is 0 Å². The third-order valence-electron chi connectivity index (χ3n) is 2.45. The van der Waals surface area contributed by atoms with Gasteiger partial charge in [0.25, 0.3) is 0 Å². The summed E-state index contributed by atoms with van der Waals surface area (Å²) < 4.78 is 0. The van der Waals surface area contributed by atoms with Crippen LogP contribution >= 0.6 is 0 Å². The van der Waals surface area contributed by atoms with Crippen molar-refractivity contribution in [1.82, 2.24) is 0 Å². The van der Waals surface area contributed by atoms with Crippen molar-refractivity contribution in [3.05, 3.63) is 54.1 Å². The molecule has 0 aliphatic heterocycles. The van der Waals surface area contributed by atoms with E-state index in [2.05, 4.69) is 23.9 Å². The Morgan fingerprint density at radius 2 is 1.60 bits per heavy atom. The molecular weight excluding hydrogens is 186 g/mol. The molecule has 2 N–H and O–H groups in total. The summed E-state index contributed by atoms with van der Waals surface area (Å²) in [6.45, 7) is 2.10. The molecule has 0 fully saturated rings. The van der Waals surface area contributed by atoms with Crippen LogP contribution in [0.25, 0.3) is 11.1 Å². The highest BCUT2D eigenvalue weighted by molar-refractivity contribution is 5.67. The zero-order valence-electron chi connectivity index (χ0n) is 8.60. The van der Waals surface area contributed by atoms with Crippen LogP contribution in [0.2, 0.25) is 0 Å². The summed E-state index contributed by atoms with van der Waals surface area (Å²) in [6.07, 6.45) is 0. The van der Waals surface area contributed by atoms with Gasteiger partial charge in [-0.15, -0.1) is 0 Å². The van der Waals surface area contributed by atoms with Gasteiger partial charge < -0.3 is 4.84 Å². The maximum atomic E-state index is 5.07. The van der Waals surface area contributed by atoms with Gasteiger partial charge in [0.2, 0.25) is 0 Å². The molecule has 0 aromatic heterocycles. The maximum absolute atomic E-state index is 5.07. The molecule has 0 spiro atoms. The fourth-order valence-corrected chi connectivity index (χ4v) is 1.61.